The molecule has 4 nitrogen and oxygen atoms in total. The van der Waals surface area contributed by atoms with Gasteiger partial charge < -0.3 is 14.7 Å². The first-order valence-electron chi connectivity index (χ1n) is 6.99. The predicted octanol–water partition coefficient (Wildman–Crippen LogP) is 2.79. The quantitative estimate of drug-likeness (QED) is 0.839. The first kappa shape index (κ1) is 14.6. The summed E-state index contributed by atoms with van der Waals surface area (Å²) in [6.07, 6.45) is 6.61. The van der Waals surface area contributed by atoms with Crippen LogP contribution in [0, 0.1) is 0 Å². The largest absolute Gasteiger partial charge is 0.478 e. The molecule has 2 rings (SSSR count). The van der Waals surface area contributed by atoms with E-state index in [1.807, 2.05) is 24.3 Å². The Morgan fingerprint density at radius 3 is 2.75 bits per heavy atom. The van der Waals surface area contributed by atoms with Gasteiger partial charge in [0.1, 0.15) is 0 Å². The van der Waals surface area contributed by atoms with Crippen molar-refractivity contribution >= 4 is 17.7 Å². The monoisotopic (exact) mass is 275 g/mol. The maximum Gasteiger partial charge on any atom is 0.328 e. The third-order valence-electron chi connectivity index (χ3n) is 3.50. The summed E-state index contributed by atoms with van der Waals surface area (Å²) < 4.78 is 5.74. The molecule has 1 fully saturated rings. The van der Waals surface area contributed by atoms with Crippen LogP contribution >= 0.6 is 0 Å². The highest BCUT2D eigenvalue weighted by atomic mass is 16.5. The van der Waals surface area contributed by atoms with Gasteiger partial charge in [-0.15, -0.1) is 0 Å². The number of carboxylic acid groups (broad SMARTS) is 1. The molecular formula is C16H21NO3. The Labute approximate surface area is 119 Å². The number of hydrogen-bond acceptors (Lipinski definition) is 3. The third kappa shape index (κ3) is 4.38. The number of ether oxygens (including phenoxy) is 1. The SMILES string of the molecule is CN(CC1CCCCO1)c1ccc(C=CC(=O)O)cc1. The number of likely N-dealkylation sites (N-methyl/N-ethyl adjacent to an activating group) is 1. The van der Waals surface area contributed by atoms with E-state index >= 15 is 0 Å². The second-order valence-electron chi connectivity index (χ2n) is 5.13. The van der Waals surface area contributed by atoms with Gasteiger partial charge in [-0.3, -0.25) is 0 Å². The van der Waals surface area contributed by atoms with Crippen LogP contribution in [-0.4, -0.2) is 37.4 Å². The van der Waals surface area contributed by atoms with E-state index in [2.05, 4.69) is 11.9 Å². The van der Waals surface area contributed by atoms with Gasteiger partial charge in [0.25, 0.3) is 0 Å². The lowest BCUT2D eigenvalue weighted by molar-refractivity contribution is -0.131. The fraction of sp³-hybridized carbons (Fsp3) is 0.438. The number of nitrogens with zero attached hydrogens (tertiary/aromatic N) is 1. The number of aliphatic carboxylic acids is 1. The highest BCUT2D eigenvalue weighted by molar-refractivity contribution is 5.85. The third-order valence-corrected chi connectivity index (χ3v) is 3.50. The molecule has 1 unspecified atom stereocenters. The average molecular weight is 275 g/mol. The van der Waals surface area contributed by atoms with E-state index in [0.29, 0.717) is 6.10 Å². The molecule has 0 aliphatic carbocycles. The Bertz CT molecular complexity index is 461. The standard InChI is InChI=1S/C16H21NO3/c1-17(12-15-4-2-3-11-20-15)14-8-5-13(6-9-14)7-10-16(18)19/h5-10,15H,2-4,11-12H2,1H3,(H,18,19). The van der Waals surface area contributed by atoms with Gasteiger partial charge in [0.15, 0.2) is 0 Å². The normalized spacial score (nSPS) is 19.1. The highest BCUT2D eigenvalue weighted by Crippen LogP contribution is 2.19. The summed E-state index contributed by atoms with van der Waals surface area (Å²) in [6.45, 7) is 1.77. The minimum Gasteiger partial charge on any atom is -0.478 e. The molecular weight excluding hydrogens is 254 g/mol. The summed E-state index contributed by atoms with van der Waals surface area (Å²) >= 11 is 0. The van der Waals surface area contributed by atoms with E-state index in [1.165, 1.54) is 12.8 Å². The Morgan fingerprint density at radius 2 is 2.15 bits per heavy atom. The van der Waals surface area contributed by atoms with Crippen molar-refractivity contribution in [3.05, 3.63) is 35.9 Å². The van der Waals surface area contributed by atoms with E-state index in [4.69, 9.17) is 9.84 Å². The number of hydrogen-bond donors (Lipinski definition) is 1. The van der Waals surface area contributed by atoms with Crippen molar-refractivity contribution in [1.29, 1.82) is 0 Å². The molecule has 0 spiro atoms. The Hall–Kier alpha value is -1.81. The topological polar surface area (TPSA) is 49.8 Å². The van der Waals surface area contributed by atoms with Gasteiger partial charge >= 0.3 is 5.97 Å². The molecule has 0 aromatic heterocycles. The zero-order valence-electron chi connectivity index (χ0n) is 11.8. The molecule has 1 atom stereocenters. The van der Waals surface area contributed by atoms with Crippen LogP contribution in [0.4, 0.5) is 5.69 Å². The maximum absolute atomic E-state index is 10.5. The molecule has 1 N–H and O–H groups in total. The molecule has 1 aliphatic rings. The first-order valence-corrected chi connectivity index (χ1v) is 6.99. The van der Waals surface area contributed by atoms with Gasteiger partial charge in [-0.2, -0.15) is 0 Å². The van der Waals surface area contributed by atoms with Crippen molar-refractivity contribution in [2.45, 2.75) is 25.4 Å². The van der Waals surface area contributed by atoms with Crippen LogP contribution in [0.1, 0.15) is 24.8 Å². The lowest BCUT2D eigenvalue weighted by atomic mass is 10.1. The van der Waals surface area contributed by atoms with E-state index in [0.717, 1.165) is 36.9 Å². The molecule has 1 aromatic carbocycles. The van der Waals surface area contributed by atoms with Gasteiger partial charge in [0, 0.05) is 32.0 Å². The maximum atomic E-state index is 10.5. The molecule has 0 bridgehead atoms. The van der Waals surface area contributed by atoms with Crippen molar-refractivity contribution in [3.63, 3.8) is 0 Å². The van der Waals surface area contributed by atoms with Crippen LogP contribution in [0.15, 0.2) is 30.3 Å². The zero-order valence-corrected chi connectivity index (χ0v) is 11.8. The minimum absolute atomic E-state index is 0.320. The molecule has 0 saturated carbocycles. The summed E-state index contributed by atoms with van der Waals surface area (Å²) in [5.74, 6) is -0.930. The molecule has 1 heterocycles. The minimum atomic E-state index is -0.930. The second-order valence-corrected chi connectivity index (χ2v) is 5.13. The van der Waals surface area contributed by atoms with Crippen molar-refractivity contribution < 1.29 is 14.6 Å². The van der Waals surface area contributed by atoms with Gasteiger partial charge in [0.2, 0.25) is 0 Å². The van der Waals surface area contributed by atoms with E-state index in [-0.39, 0.29) is 0 Å². The lowest BCUT2D eigenvalue weighted by Gasteiger charge is -2.28. The summed E-state index contributed by atoms with van der Waals surface area (Å²) in [5, 5.41) is 8.59. The summed E-state index contributed by atoms with van der Waals surface area (Å²) in [7, 11) is 2.06. The fourth-order valence-corrected chi connectivity index (χ4v) is 2.37. The molecule has 108 valence electrons. The fourth-order valence-electron chi connectivity index (χ4n) is 2.37. The van der Waals surface area contributed by atoms with E-state index in [1.54, 1.807) is 6.08 Å². The number of anilines is 1. The molecule has 1 aliphatic heterocycles. The molecule has 20 heavy (non-hydrogen) atoms. The number of benzene rings is 1. The zero-order chi connectivity index (χ0) is 14.4. The number of carbonyl (C=O) groups is 1. The van der Waals surface area contributed by atoms with Gasteiger partial charge in [0.05, 0.1) is 6.10 Å². The Kier molecular flexibility index (Phi) is 5.18. The predicted molar refractivity (Wildman–Crippen MR) is 80.0 cm³/mol. The smallest absolute Gasteiger partial charge is 0.328 e. The Morgan fingerprint density at radius 1 is 1.40 bits per heavy atom. The highest BCUT2D eigenvalue weighted by Gasteiger charge is 2.15. The van der Waals surface area contributed by atoms with Crippen molar-refractivity contribution in [2.75, 3.05) is 25.1 Å². The average Bonchev–Trinajstić information content (AvgIpc) is 2.46. The molecule has 1 saturated heterocycles. The van der Waals surface area contributed by atoms with Gasteiger partial charge in [-0.1, -0.05) is 12.1 Å². The van der Waals surface area contributed by atoms with E-state index < -0.39 is 5.97 Å². The van der Waals surface area contributed by atoms with Gasteiger partial charge in [-0.25, -0.2) is 4.79 Å². The van der Waals surface area contributed by atoms with Gasteiger partial charge in [-0.05, 0) is 43.0 Å². The first-order chi connectivity index (χ1) is 9.65. The number of rotatable bonds is 5. The van der Waals surface area contributed by atoms with Crippen LogP contribution in [0.2, 0.25) is 0 Å². The van der Waals surface area contributed by atoms with Crippen molar-refractivity contribution in [1.82, 2.24) is 0 Å². The van der Waals surface area contributed by atoms with E-state index in [9.17, 15) is 4.79 Å². The summed E-state index contributed by atoms with van der Waals surface area (Å²) in [5.41, 5.74) is 2.00. The number of carboxylic acids is 1. The van der Waals surface area contributed by atoms with Crippen LogP contribution in [0.25, 0.3) is 6.08 Å². The second kappa shape index (κ2) is 7.10. The summed E-state index contributed by atoms with van der Waals surface area (Å²) in [6, 6.07) is 7.86. The lowest BCUT2D eigenvalue weighted by Crippen LogP contribution is -2.33. The van der Waals surface area contributed by atoms with Crippen molar-refractivity contribution in [3.8, 4) is 0 Å². The van der Waals surface area contributed by atoms with Crippen LogP contribution < -0.4 is 4.90 Å². The van der Waals surface area contributed by atoms with Crippen LogP contribution in [0.3, 0.4) is 0 Å². The van der Waals surface area contributed by atoms with Crippen LogP contribution in [0.5, 0.6) is 0 Å². The molecule has 0 amide bonds. The Balaban J connectivity index is 1.92. The van der Waals surface area contributed by atoms with Crippen molar-refractivity contribution in [2.24, 2.45) is 0 Å². The molecule has 0 radical (unpaired) electrons. The summed E-state index contributed by atoms with van der Waals surface area (Å²) in [4.78, 5) is 12.6. The molecule has 1 aromatic rings. The molecule has 4 heteroatoms. The van der Waals surface area contributed by atoms with Crippen LogP contribution in [-0.2, 0) is 9.53 Å².